The Morgan fingerprint density at radius 3 is 2.32 bits per heavy atom. The van der Waals surface area contributed by atoms with Gasteiger partial charge >= 0.3 is 0 Å². The smallest absolute Gasteiger partial charge is 0.161 e. The van der Waals surface area contributed by atoms with E-state index in [1.807, 2.05) is 24.3 Å². The summed E-state index contributed by atoms with van der Waals surface area (Å²) in [5.41, 5.74) is 7.88. The molecule has 0 spiro atoms. The number of rotatable bonds is 3. The van der Waals surface area contributed by atoms with Crippen LogP contribution in [0.5, 0.6) is 0 Å². The zero-order valence-corrected chi connectivity index (χ0v) is 14.0. The molecule has 0 aliphatic heterocycles. The van der Waals surface area contributed by atoms with E-state index in [-0.39, 0.29) is 0 Å². The first-order chi connectivity index (χ1) is 8.97. The predicted octanol–water partition coefficient (Wildman–Crippen LogP) is 4.45. The number of hydrogen-bond acceptors (Lipinski definition) is 3. The van der Waals surface area contributed by atoms with Gasteiger partial charge in [0.05, 0.1) is 10.2 Å². The first kappa shape index (κ1) is 14.5. The highest BCUT2D eigenvalue weighted by Gasteiger charge is 2.12. The summed E-state index contributed by atoms with van der Waals surface area (Å²) in [6.07, 6.45) is 0.872. The van der Waals surface area contributed by atoms with Crippen molar-refractivity contribution in [3.8, 4) is 11.4 Å². The molecule has 1 aromatic carbocycles. The molecule has 1 aromatic heterocycles. The van der Waals surface area contributed by atoms with Crippen molar-refractivity contribution in [1.82, 2.24) is 9.97 Å². The third kappa shape index (κ3) is 3.54. The van der Waals surface area contributed by atoms with Crippen molar-refractivity contribution in [2.75, 3.05) is 5.73 Å². The standard InChI is InChI=1S/C14H15Br2N3/c1-8(2)7-11-12(16)13(17)19-14(18-11)9-3-5-10(15)6-4-9/h3-6,8H,7H2,1-2H3,(H2,17,18,19). The normalized spacial score (nSPS) is 11.0. The molecule has 0 saturated carbocycles. The van der Waals surface area contributed by atoms with Gasteiger partial charge in [0.2, 0.25) is 0 Å². The molecule has 5 heteroatoms. The van der Waals surface area contributed by atoms with Crippen LogP contribution < -0.4 is 5.73 Å². The Kier molecular flexibility index (Phi) is 4.58. The molecule has 0 aliphatic rings. The zero-order chi connectivity index (χ0) is 14.0. The van der Waals surface area contributed by atoms with Crippen LogP contribution in [0.4, 0.5) is 5.82 Å². The highest BCUT2D eigenvalue weighted by molar-refractivity contribution is 9.10. The van der Waals surface area contributed by atoms with Crippen LogP contribution in [-0.2, 0) is 6.42 Å². The van der Waals surface area contributed by atoms with E-state index >= 15 is 0 Å². The van der Waals surface area contributed by atoms with Crippen LogP contribution in [-0.4, -0.2) is 9.97 Å². The van der Waals surface area contributed by atoms with Crippen molar-refractivity contribution >= 4 is 37.7 Å². The molecule has 2 aromatic rings. The molecular formula is C14H15Br2N3. The lowest BCUT2D eigenvalue weighted by atomic mass is 10.1. The summed E-state index contributed by atoms with van der Waals surface area (Å²) >= 11 is 6.89. The van der Waals surface area contributed by atoms with Crippen LogP contribution in [0.15, 0.2) is 33.2 Å². The Labute approximate surface area is 129 Å². The summed E-state index contributed by atoms with van der Waals surface area (Å²) in [4.78, 5) is 8.96. The quantitative estimate of drug-likeness (QED) is 0.850. The summed E-state index contributed by atoms with van der Waals surface area (Å²) < 4.78 is 1.84. The zero-order valence-electron chi connectivity index (χ0n) is 10.8. The van der Waals surface area contributed by atoms with E-state index in [9.17, 15) is 0 Å². The van der Waals surface area contributed by atoms with Crippen LogP contribution in [0.1, 0.15) is 19.5 Å². The predicted molar refractivity (Wildman–Crippen MR) is 85.8 cm³/mol. The van der Waals surface area contributed by atoms with Crippen molar-refractivity contribution in [2.24, 2.45) is 5.92 Å². The van der Waals surface area contributed by atoms with Gasteiger partial charge in [-0.25, -0.2) is 9.97 Å². The lowest BCUT2D eigenvalue weighted by Crippen LogP contribution is -2.05. The van der Waals surface area contributed by atoms with Crippen molar-refractivity contribution in [3.05, 3.63) is 38.9 Å². The Hall–Kier alpha value is -0.940. The fraction of sp³-hybridized carbons (Fsp3) is 0.286. The lowest BCUT2D eigenvalue weighted by Gasteiger charge is -2.10. The summed E-state index contributed by atoms with van der Waals surface area (Å²) in [5, 5.41) is 0. The van der Waals surface area contributed by atoms with Gasteiger partial charge in [-0.15, -0.1) is 0 Å². The fourth-order valence-electron chi connectivity index (χ4n) is 1.76. The molecule has 0 radical (unpaired) electrons. The third-order valence-corrected chi connectivity index (χ3v) is 4.04. The number of halogens is 2. The maximum absolute atomic E-state index is 5.96. The second-order valence-corrected chi connectivity index (χ2v) is 6.51. The molecule has 0 fully saturated rings. The minimum Gasteiger partial charge on any atom is -0.383 e. The van der Waals surface area contributed by atoms with Crippen LogP contribution >= 0.6 is 31.9 Å². The van der Waals surface area contributed by atoms with Crippen LogP contribution in [0, 0.1) is 5.92 Å². The molecule has 0 atom stereocenters. The molecule has 0 aliphatic carbocycles. The van der Waals surface area contributed by atoms with Crippen molar-refractivity contribution in [1.29, 1.82) is 0 Å². The molecule has 2 N–H and O–H groups in total. The Morgan fingerprint density at radius 2 is 1.74 bits per heavy atom. The second-order valence-electron chi connectivity index (χ2n) is 4.80. The van der Waals surface area contributed by atoms with Crippen molar-refractivity contribution in [2.45, 2.75) is 20.3 Å². The minimum atomic E-state index is 0.489. The maximum Gasteiger partial charge on any atom is 0.161 e. The fourth-order valence-corrected chi connectivity index (χ4v) is 2.37. The number of benzene rings is 1. The van der Waals surface area contributed by atoms with Crippen LogP contribution in [0.3, 0.4) is 0 Å². The number of nitrogens with two attached hydrogens (primary N) is 1. The third-order valence-electron chi connectivity index (χ3n) is 2.65. The Morgan fingerprint density at radius 1 is 1.11 bits per heavy atom. The van der Waals surface area contributed by atoms with E-state index < -0.39 is 0 Å². The first-order valence-electron chi connectivity index (χ1n) is 6.05. The van der Waals surface area contributed by atoms with E-state index in [0.717, 1.165) is 26.6 Å². The number of nitrogen functional groups attached to an aromatic ring is 1. The second kappa shape index (κ2) is 6.01. The molecule has 0 unspecified atom stereocenters. The molecular weight excluding hydrogens is 370 g/mol. The molecule has 1 heterocycles. The van der Waals surface area contributed by atoms with Gasteiger partial charge < -0.3 is 5.73 Å². The molecule has 0 bridgehead atoms. The summed E-state index contributed by atoms with van der Waals surface area (Å²) in [6.45, 7) is 4.31. The van der Waals surface area contributed by atoms with Crippen LogP contribution in [0.2, 0.25) is 0 Å². The van der Waals surface area contributed by atoms with E-state index in [1.165, 1.54) is 0 Å². The topological polar surface area (TPSA) is 51.8 Å². The van der Waals surface area contributed by atoms with Gasteiger partial charge in [-0.2, -0.15) is 0 Å². The number of anilines is 1. The van der Waals surface area contributed by atoms with Gasteiger partial charge in [-0.1, -0.05) is 41.9 Å². The summed E-state index contributed by atoms with van der Waals surface area (Å²) in [5.74, 6) is 1.68. The molecule has 0 amide bonds. The van der Waals surface area contributed by atoms with Gasteiger partial charge in [0.15, 0.2) is 5.82 Å². The minimum absolute atomic E-state index is 0.489. The average molecular weight is 385 g/mol. The number of nitrogens with zero attached hydrogens (tertiary/aromatic N) is 2. The molecule has 2 rings (SSSR count). The lowest BCUT2D eigenvalue weighted by molar-refractivity contribution is 0.633. The Bertz CT molecular complexity index is 580. The van der Waals surface area contributed by atoms with Gasteiger partial charge in [0.1, 0.15) is 5.82 Å². The molecule has 0 saturated heterocycles. The number of aromatic nitrogens is 2. The van der Waals surface area contributed by atoms with E-state index in [4.69, 9.17) is 5.73 Å². The monoisotopic (exact) mass is 383 g/mol. The van der Waals surface area contributed by atoms with Crippen LogP contribution in [0.25, 0.3) is 11.4 Å². The summed E-state index contributed by atoms with van der Waals surface area (Å²) in [6, 6.07) is 7.90. The highest BCUT2D eigenvalue weighted by Crippen LogP contribution is 2.27. The van der Waals surface area contributed by atoms with Gasteiger partial charge in [-0.3, -0.25) is 0 Å². The molecule has 100 valence electrons. The maximum atomic E-state index is 5.96. The molecule has 3 nitrogen and oxygen atoms in total. The van der Waals surface area contributed by atoms with E-state index in [1.54, 1.807) is 0 Å². The van der Waals surface area contributed by atoms with E-state index in [2.05, 4.69) is 55.7 Å². The van der Waals surface area contributed by atoms with E-state index in [0.29, 0.717) is 17.6 Å². The largest absolute Gasteiger partial charge is 0.383 e. The first-order valence-corrected chi connectivity index (χ1v) is 7.63. The Balaban J connectivity index is 2.46. The van der Waals surface area contributed by atoms with Crippen molar-refractivity contribution < 1.29 is 0 Å². The summed E-state index contributed by atoms with van der Waals surface area (Å²) in [7, 11) is 0. The number of hydrogen-bond donors (Lipinski definition) is 1. The van der Waals surface area contributed by atoms with Crippen molar-refractivity contribution in [3.63, 3.8) is 0 Å². The average Bonchev–Trinajstić information content (AvgIpc) is 2.35. The SMILES string of the molecule is CC(C)Cc1nc(-c2ccc(Br)cc2)nc(N)c1Br. The van der Waals surface area contributed by atoms with Gasteiger partial charge in [-0.05, 0) is 40.4 Å². The molecule has 19 heavy (non-hydrogen) atoms. The highest BCUT2D eigenvalue weighted by atomic mass is 79.9. The van der Waals surface area contributed by atoms with Gasteiger partial charge in [0, 0.05) is 10.0 Å². The van der Waals surface area contributed by atoms with Gasteiger partial charge in [0.25, 0.3) is 0 Å².